The fourth-order valence-electron chi connectivity index (χ4n) is 3.20. The number of halogens is 3. The molecular formula is C26H22F3NO4. The van der Waals surface area contributed by atoms with Gasteiger partial charge in [-0.05, 0) is 66.8 Å². The van der Waals surface area contributed by atoms with Gasteiger partial charge in [0, 0.05) is 23.4 Å². The van der Waals surface area contributed by atoms with Gasteiger partial charge < -0.3 is 14.9 Å². The molecule has 0 fully saturated rings. The third-order valence-electron chi connectivity index (χ3n) is 4.93. The number of aromatic hydroxyl groups is 1. The standard InChI is InChI=1S/C26H22F3NO4/c1-2-13-34-24-12-4-17(16-30-24)3-5-20-14-21(25(32)33)9-7-18(20)6-8-19-10-11-22(31)15-23(19)26(27,28)29/h4,7,9-12,14-16,31H,2-3,5,13H2,1H3,(H,32,33). The summed E-state index contributed by atoms with van der Waals surface area (Å²) in [5.74, 6) is 4.15. The van der Waals surface area contributed by atoms with Gasteiger partial charge in [0.15, 0.2) is 0 Å². The monoisotopic (exact) mass is 469 g/mol. The summed E-state index contributed by atoms with van der Waals surface area (Å²) >= 11 is 0. The summed E-state index contributed by atoms with van der Waals surface area (Å²) in [6.45, 7) is 2.55. The highest BCUT2D eigenvalue weighted by atomic mass is 19.4. The van der Waals surface area contributed by atoms with Gasteiger partial charge in [0.05, 0.1) is 17.7 Å². The Morgan fingerprint density at radius 3 is 2.41 bits per heavy atom. The molecule has 2 N–H and O–H groups in total. The van der Waals surface area contributed by atoms with Crippen molar-refractivity contribution < 1.29 is 32.9 Å². The van der Waals surface area contributed by atoms with Crippen LogP contribution < -0.4 is 4.74 Å². The molecule has 0 aliphatic carbocycles. The highest BCUT2D eigenvalue weighted by Gasteiger charge is 2.33. The number of aromatic nitrogens is 1. The second-order valence-electron chi connectivity index (χ2n) is 7.51. The van der Waals surface area contributed by atoms with E-state index in [1.807, 2.05) is 13.0 Å². The van der Waals surface area contributed by atoms with Crippen LogP contribution in [0, 0.1) is 11.8 Å². The topological polar surface area (TPSA) is 79.7 Å². The van der Waals surface area contributed by atoms with Crippen molar-refractivity contribution >= 4 is 5.97 Å². The summed E-state index contributed by atoms with van der Waals surface area (Å²) in [6, 6.07) is 10.8. The predicted octanol–water partition coefficient (Wildman–Crippen LogP) is 5.48. The van der Waals surface area contributed by atoms with Gasteiger partial charge in [0.25, 0.3) is 0 Å². The maximum atomic E-state index is 13.3. The minimum atomic E-state index is -4.68. The first-order valence-electron chi connectivity index (χ1n) is 10.5. The van der Waals surface area contributed by atoms with Crippen molar-refractivity contribution in [3.8, 4) is 23.5 Å². The van der Waals surface area contributed by atoms with Crippen LogP contribution in [0.2, 0.25) is 0 Å². The number of ether oxygens (including phenoxy) is 1. The Balaban J connectivity index is 1.89. The number of phenolic OH excluding ortho intramolecular Hbond substituents is 1. The van der Waals surface area contributed by atoms with Gasteiger partial charge in [-0.25, -0.2) is 9.78 Å². The average Bonchev–Trinajstić information content (AvgIpc) is 2.80. The van der Waals surface area contributed by atoms with Crippen LogP contribution in [0.25, 0.3) is 0 Å². The molecule has 0 amide bonds. The fraction of sp³-hybridized carbons (Fsp3) is 0.231. The Hall–Kier alpha value is -3.99. The van der Waals surface area contributed by atoms with E-state index in [9.17, 15) is 28.2 Å². The van der Waals surface area contributed by atoms with E-state index in [1.54, 1.807) is 12.3 Å². The predicted molar refractivity (Wildman–Crippen MR) is 120 cm³/mol. The first-order valence-corrected chi connectivity index (χ1v) is 10.5. The molecule has 0 radical (unpaired) electrons. The normalized spacial score (nSPS) is 10.9. The van der Waals surface area contributed by atoms with Crippen molar-refractivity contribution in [2.45, 2.75) is 32.4 Å². The molecule has 34 heavy (non-hydrogen) atoms. The zero-order valence-corrected chi connectivity index (χ0v) is 18.3. The maximum absolute atomic E-state index is 13.3. The van der Waals surface area contributed by atoms with E-state index in [-0.39, 0.29) is 11.1 Å². The number of rotatable bonds is 7. The molecule has 1 aromatic heterocycles. The van der Waals surface area contributed by atoms with Gasteiger partial charge >= 0.3 is 12.1 Å². The Labute approximate surface area is 194 Å². The molecular weight excluding hydrogens is 447 g/mol. The third kappa shape index (κ3) is 6.51. The SMILES string of the molecule is CCCOc1ccc(CCc2cc(C(=O)O)ccc2C#Cc2ccc(O)cc2C(F)(F)F)cn1. The summed E-state index contributed by atoms with van der Waals surface area (Å²) in [7, 11) is 0. The van der Waals surface area contributed by atoms with Crippen LogP contribution in [0.1, 0.15) is 51.5 Å². The average molecular weight is 469 g/mol. The van der Waals surface area contributed by atoms with Crippen LogP contribution in [0.4, 0.5) is 13.2 Å². The zero-order valence-electron chi connectivity index (χ0n) is 18.3. The second kappa shape index (κ2) is 10.8. The van der Waals surface area contributed by atoms with Crippen LogP contribution in [-0.4, -0.2) is 27.8 Å². The number of nitrogens with zero attached hydrogens (tertiary/aromatic N) is 1. The number of alkyl halides is 3. The highest BCUT2D eigenvalue weighted by Crippen LogP contribution is 2.33. The number of aryl methyl sites for hydroxylation is 2. The van der Waals surface area contributed by atoms with Crippen molar-refractivity contribution in [1.82, 2.24) is 4.98 Å². The lowest BCUT2D eigenvalue weighted by molar-refractivity contribution is -0.137. The quantitative estimate of drug-likeness (QED) is 0.448. The lowest BCUT2D eigenvalue weighted by atomic mass is 9.97. The molecule has 0 spiro atoms. The van der Waals surface area contributed by atoms with Crippen molar-refractivity contribution in [3.63, 3.8) is 0 Å². The molecule has 0 bridgehead atoms. The van der Waals surface area contributed by atoms with Gasteiger partial charge in [0.1, 0.15) is 5.75 Å². The molecule has 8 heteroatoms. The van der Waals surface area contributed by atoms with E-state index in [4.69, 9.17) is 4.74 Å². The number of hydrogen-bond donors (Lipinski definition) is 2. The Kier molecular flexibility index (Phi) is 7.79. The molecule has 1 heterocycles. The Morgan fingerprint density at radius 1 is 1.03 bits per heavy atom. The second-order valence-corrected chi connectivity index (χ2v) is 7.51. The molecule has 0 aliphatic rings. The van der Waals surface area contributed by atoms with Crippen LogP contribution in [-0.2, 0) is 19.0 Å². The molecule has 176 valence electrons. The molecule has 0 saturated heterocycles. The molecule has 5 nitrogen and oxygen atoms in total. The van der Waals surface area contributed by atoms with E-state index < -0.39 is 23.5 Å². The molecule has 0 aliphatic heterocycles. The van der Waals surface area contributed by atoms with Crippen LogP contribution >= 0.6 is 0 Å². The number of pyridine rings is 1. The van der Waals surface area contributed by atoms with Gasteiger partial charge in [0.2, 0.25) is 5.88 Å². The first-order chi connectivity index (χ1) is 16.2. The van der Waals surface area contributed by atoms with Crippen molar-refractivity contribution in [2.75, 3.05) is 6.61 Å². The Morgan fingerprint density at radius 2 is 1.76 bits per heavy atom. The van der Waals surface area contributed by atoms with E-state index in [0.29, 0.717) is 42.5 Å². The summed E-state index contributed by atoms with van der Waals surface area (Å²) in [4.78, 5) is 15.7. The minimum absolute atomic E-state index is 0.0580. The summed E-state index contributed by atoms with van der Waals surface area (Å²) in [6.07, 6.45) is -1.22. The number of carboxylic acid groups (broad SMARTS) is 1. The summed E-state index contributed by atoms with van der Waals surface area (Å²) in [5, 5.41) is 18.8. The first kappa shape index (κ1) is 24.6. The summed E-state index contributed by atoms with van der Waals surface area (Å²) < 4.78 is 45.4. The number of aromatic carboxylic acids is 1. The largest absolute Gasteiger partial charge is 0.508 e. The molecule has 2 aromatic carbocycles. The van der Waals surface area contributed by atoms with Crippen molar-refractivity contribution in [2.24, 2.45) is 0 Å². The van der Waals surface area contributed by atoms with Gasteiger partial charge in [-0.1, -0.05) is 24.8 Å². The number of benzene rings is 2. The lowest BCUT2D eigenvalue weighted by Crippen LogP contribution is -2.07. The Bertz CT molecular complexity index is 1230. The van der Waals surface area contributed by atoms with E-state index in [2.05, 4.69) is 16.8 Å². The fourth-order valence-corrected chi connectivity index (χ4v) is 3.20. The lowest BCUT2D eigenvalue weighted by Gasteiger charge is -2.10. The maximum Gasteiger partial charge on any atom is 0.417 e. The molecule has 3 aromatic rings. The smallest absolute Gasteiger partial charge is 0.417 e. The molecule has 0 unspecified atom stereocenters. The van der Waals surface area contributed by atoms with Gasteiger partial charge in [-0.15, -0.1) is 0 Å². The molecule has 0 saturated carbocycles. The number of carbonyl (C=O) groups is 1. The number of hydrogen-bond acceptors (Lipinski definition) is 4. The summed E-state index contributed by atoms with van der Waals surface area (Å²) in [5.41, 5.74) is 0.627. The van der Waals surface area contributed by atoms with Gasteiger partial charge in [-0.3, -0.25) is 0 Å². The molecule has 3 rings (SSSR count). The third-order valence-corrected chi connectivity index (χ3v) is 4.93. The van der Waals surface area contributed by atoms with Crippen LogP contribution in [0.5, 0.6) is 11.6 Å². The highest BCUT2D eigenvalue weighted by molar-refractivity contribution is 5.88. The van der Waals surface area contributed by atoms with E-state index in [0.717, 1.165) is 24.1 Å². The number of carboxylic acids is 1. The minimum Gasteiger partial charge on any atom is -0.508 e. The zero-order chi connectivity index (χ0) is 24.7. The van der Waals surface area contributed by atoms with Crippen molar-refractivity contribution in [3.05, 3.63) is 88.1 Å². The van der Waals surface area contributed by atoms with E-state index >= 15 is 0 Å². The van der Waals surface area contributed by atoms with E-state index in [1.165, 1.54) is 18.2 Å². The van der Waals surface area contributed by atoms with Crippen LogP contribution in [0.3, 0.4) is 0 Å². The number of phenols is 1. The van der Waals surface area contributed by atoms with Crippen LogP contribution in [0.15, 0.2) is 54.7 Å². The van der Waals surface area contributed by atoms with Crippen molar-refractivity contribution in [1.29, 1.82) is 0 Å². The molecule has 0 atom stereocenters. The van der Waals surface area contributed by atoms with Gasteiger partial charge in [-0.2, -0.15) is 13.2 Å².